The second kappa shape index (κ2) is 8.40. The molecule has 0 amide bonds. The van der Waals surface area contributed by atoms with Gasteiger partial charge in [0.2, 0.25) is 0 Å². The van der Waals surface area contributed by atoms with Crippen LogP contribution in [0.1, 0.15) is 67.8 Å². The van der Waals surface area contributed by atoms with E-state index in [1.54, 1.807) is 12.1 Å². The van der Waals surface area contributed by atoms with Crippen LogP contribution in [0.25, 0.3) is 22.3 Å². The highest BCUT2D eigenvalue weighted by Gasteiger charge is 2.33. The Hall–Kier alpha value is -2.90. The zero-order chi connectivity index (χ0) is 23.4. The van der Waals surface area contributed by atoms with Gasteiger partial charge in [0, 0.05) is 39.3 Å². The fourth-order valence-corrected chi connectivity index (χ4v) is 4.98. The van der Waals surface area contributed by atoms with Crippen LogP contribution in [0.15, 0.2) is 42.7 Å². The van der Waals surface area contributed by atoms with E-state index in [2.05, 4.69) is 23.2 Å². The lowest BCUT2D eigenvalue weighted by atomic mass is 9.89. The fraction of sp³-hybridized carbons (Fsp3) is 0.385. The van der Waals surface area contributed by atoms with Gasteiger partial charge in [-0.1, -0.05) is 11.6 Å². The second-order valence-electron chi connectivity index (χ2n) is 9.47. The van der Waals surface area contributed by atoms with Gasteiger partial charge in [0.15, 0.2) is 5.65 Å². The first kappa shape index (κ1) is 21.6. The number of fused-ring (bicyclic) bond motifs is 1. The van der Waals surface area contributed by atoms with Crippen molar-refractivity contribution < 1.29 is 9.13 Å². The lowest BCUT2D eigenvalue weighted by Gasteiger charge is -2.33. The summed E-state index contributed by atoms with van der Waals surface area (Å²) in [6, 6.07) is 9.00. The molecule has 1 aliphatic carbocycles. The Morgan fingerprint density at radius 2 is 1.94 bits per heavy atom. The molecule has 6 nitrogen and oxygen atoms in total. The molecule has 174 valence electrons. The molecule has 3 atom stereocenters. The van der Waals surface area contributed by atoms with Crippen LogP contribution < -0.4 is 0 Å². The smallest absolute Gasteiger partial charge is 0.163 e. The first-order chi connectivity index (χ1) is 16.4. The fourth-order valence-electron chi connectivity index (χ4n) is 4.82. The number of benzene rings is 1. The molecule has 1 aromatic carbocycles. The quantitative estimate of drug-likeness (QED) is 0.342. The Bertz CT molecular complexity index is 1390. The molecule has 1 saturated carbocycles. The van der Waals surface area contributed by atoms with Crippen LogP contribution >= 0.6 is 11.6 Å². The van der Waals surface area contributed by atoms with E-state index >= 15 is 0 Å². The van der Waals surface area contributed by atoms with Crippen LogP contribution in [-0.2, 0) is 4.74 Å². The van der Waals surface area contributed by atoms with Crippen molar-refractivity contribution in [2.45, 2.75) is 63.7 Å². The van der Waals surface area contributed by atoms with Crippen molar-refractivity contribution in [1.82, 2.24) is 24.7 Å². The van der Waals surface area contributed by atoms with Crippen LogP contribution in [0.2, 0.25) is 5.02 Å². The number of rotatable bonds is 4. The minimum atomic E-state index is -0.412. The van der Waals surface area contributed by atoms with Crippen LogP contribution in [0, 0.1) is 12.7 Å². The van der Waals surface area contributed by atoms with Crippen LogP contribution in [0.5, 0.6) is 0 Å². The number of aryl methyl sites for hydroxylation is 1. The number of aromatic nitrogens is 5. The zero-order valence-corrected chi connectivity index (χ0v) is 19.8. The van der Waals surface area contributed by atoms with Crippen LogP contribution in [0.3, 0.4) is 0 Å². The SMILES string of the molecule is Cc1ccc2c(-c3ccc(Cl)cc3F)nc([C@@H]3C[C@@H](C)O[C@@H](c4cnn(C5CC5)c4)C3)nc2n1. The van der Waals surface area contributed by atoms with E-state index in [1.807, 2.05) is 29.9 Å². The largest absolute Gasteiger partial charge is 0.370 e. The second-order valence-corrected chi connectivity index (χ2v) is 9.90. The molecule has 1 aliphatic heterocycles. The predicted molar refractivity (Wildman–Crippen MR) is 128 cm³/mol. The van der Waals surface area contributed by atoms with Crippen LogP contribution in [0.4, 0.5) is 4.39 Å². The van der Waals surface area contributed by atoms with Crippen LogP contribution in [-0.4, -0.2) is 30.8 Å². The molecule has 4 aromatic rings. The van der Waals surface area contributed by atoms with Crippen molar-refractivity contribution in [1.29, 1.82) is 0 Å². The van der Waals surface area contributed by atoms with E-state index in [9.17, 15) is 4.39 Å². The van der Waals surface area contributed by atoms with Crippen molar-refractivity contribution in [2.75, 3.05) is 0 Å². The highest BCUT2D eigenvalue weighted by Crippen LogP contribution is 2.41. The van der Waals surface area contributed by atoms with Gasteiger partial charge in [-0.15, -0.1) is 0 Å². The Labute approximate surface area is 202 Å². The summed E-state index contributed by atoms with van der Waals surface area (Å²) in [6.07, 6.45) is 7.88. The molecule has 0 unspecified atom stereocenters. The molecule has 4 heterocycles. The zero-order valence-electron chi connectivity index (χ0n) is 19.1. The summed E-state index contributed by atoms with van der Waals surface area (Å²) in [7, 11) is 0. The molecule has 0 radical (unpaired) electrons. The highest BCUT2D eigenvalue weighted by atomic mass is 35.5. The topological polar surface area (TPSA) is 65.7 Å². The highest BCUT2D eigenvalue weighted by molar-refractivity contribution is 6.30. The third kappa shape index (κ3) is 4.07. The van der Waals surface area contributed by atoms with E-state index in [4.69, 9.17) is 26.3 Å². The number of hydrogen-bond acceptors (Lipinski definition) is 5. The van der Waals surface area contributed by atoms with Gasteiger partial charge in [0.05, 0.1) is 30.1 Å². The van der Waals surface area contributed by atoms with Gasteiger partial charge < -0.3 is 4.74 Å². The molecule has 0 spiro atoms. The van der Waals surface area contributed by atoms with Crippen molar-refractivity contribution in [2.24, 2.45) is 0 Å². The summed E-state index contributed by atoms with van der Waals surface area (Å²) in [5.41, 5.74) is 3.45. The summed E-state index contributed by atoms with van der Waals surface area (Å²) in [6.45, 7) is 4.00. The van der Waals surface area contributed by atoms with Crippen molar-refractivity contribution in [3.8, 4) is 11.3 Å². The minimum Gasteiger partial charge on any atom is -0.370 e. The Kier molecular flexibility index (Phi) is 5.34. The number of ether oxygens (including phenoxy) is 1. The molecule has 0 bridgehead atoms. The summed E-state index contributed by atoms with van der Waals surface area (Å²) in [5, 5.41) is 5.61. The molecule has 1 saturated heterocycles. The van der Waals surface area contributed by atoms with Gasteiger partial charge >= 0.3 is 0 Å². The van der Waals surface area contributed by atoms with Gasteiger partial charge in [-0.3, -0.25) is 4.68 Å². The number of hydrogen-bond donors (Lipinski definition) is 0. The number of pyridine rings is 1. The Morgan fingerprint density at radius 1 is 1.09 bits per heavy atom. The number of nitrogens with zero attached hydrogens (tertiary/aromatic N) is 5. The minimum absolute atomic E-state index is 0.0357. The maximum absolute atomic E-state index is 14.9. The third-order valence-corrected chi connectivity index (χ3v) is 6.93. The number of halogens is 2. The molecule has 0 N–H and O–H groups in total. The monoisotopic (exact) mass is 477 g/mol. The van der Waals surface area contributed by atoms with E-state index < -0.39 is 5.82 Å². The summed E-state index contributed by atoms with van der Waals surface area (Å²) < 4.78 is 23.3. The predicted octanol–water partition coefficient (Wildman–Crippen LogP) is 6.35. The normalized spacial score (nSPS) is 22.9. The van der Waals surface area contributed by atoms with Gasteiger partial charge in [-0.25, -0.2) is 19.3 Å². The van der Waals surface area contributed by atoms with E-state index in [0.717, 1.165) is 29.5 Å². The average Bonchev–Trinajstić information content (AvgIpc) is 3.54. The van der Waals surface area contributed by atoms with Gasteiger partial charge in [0.1, 0.15) is 11.6 Å². The molecular formula is C26H25ClFN5O. The molecule has 3 aromatic heterocycles. The summed E-state index contributed by atoms with van der Waals surface area (Å²) >= 11 is 6.01. The maximum Gasteiger partial charge on any atom is 0.163 e. The maximum atomic E-state index is 14.9. The Balaban J connectivity index is 1.41. The molecule has 2 aliphatic rings. The molecule has 2 fully saturated rings. The first-order valence-electron chi connectivity index (χ1n) is 11.7. The summed E-state index contributed by atoms with van der Waals surface area (Å²) in [4.78, 5) is 14.4. The third-order valence-electron chi connectivity index (χ3n) is 6.69. The average molecular weight is 478 g/mol. The molecular weight excluding hydrogens is 453 g/mol. The van der Waals surface area contributed by atoms with Crippen molar-refractivity contribution in [3.63, 3.8) is 0 Å². The summed E-state index contributed by atoms with van der Waals surface area (Å²) in [5.74, 6) is 0.313. The van der Waals surface area contributed by atoms with E-state index in [-0.39, 0.29) is 18.1 Å². The molecule has 6 rings (SSSR count). The molecule has 8 heteroatoms. The van der Waals surface area contributed by atoms with Gasteiger partial charge in [0.25, 0.3) is 0 Å². The first-order valence-corrected chi connectivity index (χ1v) is 12.1. The van der Waals surface area contributed by atoms with Gasteiger partial charge in [-0.2, -0.15) is 5.10 Å². The van der Waals surface area contributed by atoms with Gasteiger partial charge in [-0.05, 0) is 69.9 Å². The lowest BCUT2D eigenvalue weighted by Crippen LogP contribution is -2.26. The van der Waals surface area contributed by atoms with Crippen molar-refractivity contribution >= 4 is 22.6 Å². The Morgan fingerprint density at radius 3 is 2.74 bits per heavy atom. The molecule has 34 heavy (non-hydrogen) atoms. The van der Waals surface area contributed by atoms with E-state index in [1.165, 1.54) is 18.9 Å². The van der Waals surface area contributed by atoms with E-state index in [0.29, 0.717) is 33.8 Å². The van der Waals surface area contributed by atoms with Crippen molar-refractivity contribution in [3.05, 3.63) is 70.6 Å². The standard InChI is InChI=1S/C26H25ClFN5O/c1-14-3-7-21-24(20-8-4-18(27)11-22(20)28)31-25(32-26(21)30-14)16-9-15(2)34-23(10-16)17-12-29-33(13-17)19-5-6-19/h3-4,7-8,11-13,15-16,19,23H,5-6,9-10H2,1-2H3/t15-,16-,23-/m1/s1. The lowest BCUT2D eigenvalue weighted by molar-refractivity contribution is -0.0511.